The molecule has 4 fully saturated rings. The molecule has 4 rings (SSSR count). The minimum absolute atomic E-state index is 0. The maximum Gasteiger partial charge on any atom is 2.00 e. The van der Waals surface area contributed by atoms with Crippen LogP contribution in [0.1, 0.15) is 51.4 Å². The van der Waals surface area contributed by atoms with Crippen LogP contribution in [0, 0.1) is 0 Å². The van der Waals surface area contributed by atoms with Gasteiger partial charge in [0.15, 0.2) is 0 Å². The zero-order valence-electron chi connectivity index (χ0n) is 19.7. The Kier molecular flexibility index (Phi) is 17.2. The van der Waals surface area contributed by atoms with Crippen LogP contribution < -0.4 is 0 Å². The fourth-order valence-corrected chi connectivity index (χ4v) is 6.88. The molecule has 0 bridgehead atoms. The van der Waals surface area contributed by atoms with Crippen molar-refractivity contribution >= 4 is 59.5 Å². The summed E-state index contributed by atoms with van der Waals surface area (Å²) in [4.78, 5) is 0. The van der Waals surface area contributed by atoms with Crippen molar-refractivity contribution in [1.29, 1.82) is 0 Å². The van der Waals surface area contributed by atoms with Crippen LogP contribution in [0.15, 0.2) is 0 Å². The Morgan fingerprint density at radius 1 is 0.543 bits per heavy atom. The Labute approximate surface area is 244 Å². The molecule has 35 heavy (non-hydrogen) atoms. The van der Waals surface area contributed by atoms with E-state index >= 15 is 0 Å². The van der Waals surface area contributed by atoms with E-state index in [9.17, 15) is 0 Å². The molecule has 8 nitrogen and oxygen atoms in total. The van der Waals surface area contributed by atoms with E-state index in [0.717, 1.165) is 77.8 Å². The van der Waals surface area contributed by atoms with Gasteiger partial charge in [0, 0.05) is 26.4 Å². The standard InChI is InChI=1S/2C10H19O4PS2.Pt/c2*16-15(17,13-7-9-3-1-5-11-9)14-8-10-4-2-6-12-10;/h2*9-10H,1-8H2,(H,16,17);/q;;+2/p-2. The van der Waals surface area contributed by atoms with Crippen molar-refractivity contribution in [2.24, 2.45) is 0 Å². The fraction of sp³-hybridized carbons (Fsp3) is 1.00. The van der Waals surface area contributed by atoms with Gasteiger partial charge in [-0.2, -0.15) is 0 Å². The summed E-state index contributed by atoms with van der Waals surface area (Å²) in [5, 5.41) is 0. The molecule has 4 saturated heterocycles. The molecule has 0 aromatic carbocycles. The molecule has 4 atom stereocenters. The Morgan fingerprint density at radius 3 is 0.943 bits per heavy atom. The maximum absolute atomic E-state index is 5.51. The van der Waals surface area contributed by atoms with Crippen LogP contribution in [0.5, 0.6) is 0 Å². The van der Waals surface area contributed by atoms with E-state index in [2.05, 4.69) is 0 Å². The van der Waals surface area contributed by atoms with Crippen molar-refractivity contribution in [2.45, 2.75) is 75.8 Å². The third-order valence-corrected chi connectivity index (χ3v) is 10.2. The van der Waals surface area contributed by atoms with Crippen molar-refractivity contribution < 1.29 is 58.1 Å². The molecule has 0 aromatic heterocycles. The van der Waals surface area contributed by atoms with Gasteiger partial charge in [-0.15, -0.1) is 0 Å². The molecule has 0 amide bonds. The van der Waals surface area contributed by atoms with E-state index < -0.39 is 11.4 Å². The molecular formula is C20H36O8P2PtS4. The van der Waals surface area contributed by atoms with Crippen LogP contribution >= 0.6 is 11.4 Å². The van der Waals surface area contributed by atoms with Crippen molar-refractivity contribution in [1.82, 2.24) is 0 Å². The van der Waals surface area contributed by atoms with Crippen LogP contribution in [0.4, 0.5) is 0 Å². The van der Waals surface area contributed by atoms with Crippen molar-refractivity contribution in [3.05, 3.63) is 0 Å². The Bertz CT molecular complexity index is 570. The largest absolute Gasteiger partial charge is 2.00 e. The Balaban J connectivity index is 0.000000240. The summed E-state index contributed by atoms with van der Waals surface area (Å²) in [6, 6.07) is 0. The molecule has 4 unspecified atom stereocenters. The molecule has 0 N–H and O–H groups in total. The van der Waals surface area contributed by atoms with Gasteiger partial charge in [-0.25, -0.2) is 0 Å². The summed E-state index contributed by atoms with van der Waals surface area (Å²) in [6.07, 6.45) is 9.03. The minimum atomic E-state index is -2.54. The van der Waals surface area contributed by atoms with Crippen molar-refractivity contribution in [3.63, 3.8) is 0 Å². The van der Waals surface area contributed by atoms with E-state index in [4.69, 9.17) is 85.2 Å². The van der Waals surface area contributed by atoms with Gasteiger partial charge in [0.1, 0.15) is 0 Å². The quantitative estimate of drug-likeness (QED) is 0.209. The zero-order chi connectivity index (χ0) is 24.3. The molecule has 208 valence electrons. The van der Waals surface area contributed by atoms with E-state index in [1.165, 1.54) is 0 Å². The second-order valence-corrected chi connectivity index (χ2v) is 18.6. The first-order valence-electron chi connectivity index (χ1n) is 12.0. The molecule has 0 spiro atoms. The molecule has 0 radical (unpaired) electrons. The maximum atomic E-state index is 5.51. The molecule has 4 heterocycles. The normalized spacial score (nSPS) is 31.8. The Hall–Kier alpha value is 2.37. The van der Waals surface area contributed by atoms with Crippen LogP contribution in [0.3, 0.4) is 0 Å². The van der Waals surface area contributed by atoms with Gasteiger partial charge >= 0.3 is 21.1 Å². The first-order chi connectivity index (χ1) is 16.3. The van der Waals surface area contributed by atoms with Crippen LogP contribution in [-0.4, -0.2) is 77.3 Å². The first kappa shape index (κ1) is 33.6. The summed E-state index contributed by atoms with van der Waals surface area (Å²) >= 11 is 20.7. The predicted molar refractivity (Wildman–Crippen MR) is 143 cm³/mol. The van der Waals surface area contributed by atoms with Gasteiger partial charge in [-0.05, 0) is 51.4 Å². The smallest absolute Gasteiger partial charge is 0.691 e. The summed E-state index contributed by atoms with van der Waals surface area (Å²) in [5.41, 5.74) is -5.08. The molecular weight excluding hydrogens is 754 g/mol. The van der Waals surface area contributed by atoms with E-state index in [-0.39, 0.29) is 45.5 Å². The molecule has 0 aliphatic carbocycles. The second-order valence-electron chi connectivity index (χ2n) is 8.62. The summed E-state index contributed by atoms with van der Waals surface area (Å²) in [5.74, 6) is 0. The zero-order valence-corrected chi connectivity index (χ0v) is 27.1. The predicted octanol–water partition coefficient (Wildman–Crippen LogP) is 4.30. The fourth-order valence-electron chi connectivity index (χ4n) is 3.88. The average molecular weight is 790 g/mol. The van der Waals surface area contributed by atoms with Crippen molar-refractivity contribution in [3.8, 4) is 0 Å². The number of rotatable bonds is 12. The van der Waals surface area contributed by atoms with Crippen LogP contribution in [0.2, 0.25) is 0 Å². The average Bonchev–Trinajstić information content (AvgIpc) is 3.64. The Morgan fingerprint density at radius 2 is 0.771 bits per heavy atom. The van der Waals surface area contributed by atoms with E-state index in [0.29, 0.717) is 26.4 Å². The van der Waals surface area contributed by atoms with Gasteiger partial charge in [0.05, 0.1) is 62.2 Å². The third-order valence-electron chi connectivity index (χ3n) is 5.77. The third kappa shape index (κ3) is 14.5. The van der Waals surface area contributed by atoms with E-state index in [1.807, 2.05) is 0 Å². The van der Waals surface area contributed by atoms with Gasteiger partial charge in [-0.1, -0.05) is 23.6 Å². The summed E-state index contributed by atoms with van der Waals surface area (Å²) in [6.45, 7) is 5.10. The molecule has 15 heteroatoms. The monoisotopic (exact) mass is 789 g/mol. The number of ether oxygens (including phenoxy) is 4. The molecule has 4 aliphatic rings. The first-order valence-corrected chi connectivity index (χ1v) is 19.3. The minimum Gasteiger partial charge on any atom is -0.691 e. The van der Waals surface area contributed by atoms with Gasteiger partial charge < -0.3 is 61.5 Å². The van der Waals surface area contributed by atoms with Crippen LogP contribution in [-0.2, 0) is 106 Å². The topological polar surface area (TPSA) is 73.8 Å². The number of hydrogen-bond acceptors (Lipinski definition) is 12. The SMILES string of the molecule is S=P([S-])(OCC1CCCO1)OCC1CCCO1.S=P([S-])(OCC1CCCO1)OCC1CCCO1.[Pt+2]. The van der Waals surface area contributed by atoms with Gasteiger partial charge in [0.25, 0.3) is 0 Å². The summed E-state index contributed by atoms with van der Waals surface area (Å²) < 4.78 is 43.8. The van der Waals surface area contributed by atoms with Gasteiger partial charge in [-0.3, -0.25) is 0 Å². The molecule has 0 aromatic rings. The van der Waals surface area contributed by atoms with E-state index in [1.54, 1.807) is 0 Å². The van der Waals surface area contributed by atoms with Crippen LogP contribution in [0.25, 0.3) is 0 Å². The van der Waals surface area contributed by atoms with Gasteiger partial charge in [0.2, 0.25) is 0 Å². The molecule has 0 saturated carbocycles. The summed E-state index contributed by atoms with van der Waals surface area (Å²) in [7, 11) is 0. The van der Waals surface area contributed by atoms with Crippen molar-refractivity contribution in [2.75, 3.05) is 52.9 Å². The number of hydrogen-bond donors (Lipinski definition) is 0. The second kappa shape index (κ2) is 17.9. The molecule has 4 aliphatic heterocycles.